The number of fused-ring (bicyclic) bond motifs is 1. The molecule has 0 spiro atoms. The second kappa shape index (κ2) is 2.48. The van der Waals surface area contributed by atoms with E-state index in [2.05, 4.69) is 0 Å². The summed E-state index contributed by atoms with van der Waals surface area (Å²) in [6.45, 7) is 6.82. The van der Waals surface area contributed by atoms with Gasteiger partial charge in [-0.3, -0.25) is 0 Å². The molecule has 1 heteroatoms. The Hall–Kier alpha value is -0.0400. The molecule has 2 radical (unpaired) electrons. The van der Waals surface area contributed by atoms with Gasteiger partial charge in [0.15, 0.2) is 0 Å². The largest absolute Gasteiger partial charge is 0.330 e. The Balaban J connectivity index is 2.00. The van der Waals surface area contributed by atoms with Crippen LogP contribution >= 0.6 is 0 Å². The smallest absolute Gasteiger partial charge is 0.00148 e. The Morgan fingerprint density at radius 3 is 2.73 bits per heavy atom. The lowest BCUT2D eigenvalue weighted by Crippen LogP contribution is -2.51. The molecular formula is C10H17N. The molecule has 2 fully saturated rings. The van der Waals surface area contributed by atoms with Crippen molar-refractivity contribution in [3.63, 3.8) is 0 Å². The van der Waals surface area contributed by atoms with E-state index in [1.807, 2.05) is 0 Å². The number of rotatable bonds is 1. The molecular weight excluding hydrogens is 134 g/mol. The summed E-state index contributed by atoms with van der Waals surface area (Å²) in [6, 6.07) is 0. The Morgan fingerprint density at radius 1 is 1.36 bits per heavy atom. The fraction of sp³-hybridized carbons (Fsp3) is 0.900. The third kappa shape index (κ3) is 1.01. The minimum Gasteiger partial charge on any atom is -0.330 e. The average Bonchev–Trinajstić information content (AvgIpc) is 2.02. The van der Waals surface area contributed by atoms with Crippen LogP contribution in [-0.4, -0.2) is 6.54 Å². The van der Waals surface area contributed by atoms with Gasteiger partial charge in [-0.15, -0.1) is 0 Å². The molecule has 11 heavy (non-hydrogen) atoms. The molecule has 1 nitrogen and oxygen atoms in total. The quantitative estimate of drug-likeness (QED) is 0.608. The first-order chi connectivity index (χ1) is 5.26. The standard InChI is InChI=1S/C10H17N/c1-10(7-11)6-8-4-2-3-5-9(8)10/h1,8-9H,2-7,11H2/t8-,9-,10-/m1/s1. The molecule has 62 valence electrons. The van der Waals surface area contributed by atoms with E-state index in [1.54, 1.807) is 0 Å². The first-order valence-electron chi connectivity index (χ1n) is 4.75. The minimum atomic E-state index is 0.0328. The average molecular weight is 151 g/mol. The maximum atomic E-state index is 6.13. The third-order valence-corrected chi connectivity index (χ3v) is 3.67. The molecule has 0 aromatic heterocycles. The highest BCUT2D eigenvalue weighted by Crippen LogP contribution is 2.56. The van der Waals surface area contributed by atoms with Crippen LogP contribution in [0.25, 0.3) is 0 Å². The van der Waals surface area contributed by atoms with E-state index in [-0.39, 0.29) is 5.41 Å². The number of hydrogen-bond donors (Lipinski definition) is 1. The van der Waals surface area contributed by atoms with Crippen molar-refractivity contribution in [2.45, 2.75) is 32.1 Å². The molecule has 0 saturated heterocycles. The maximum Gasteiger partial charge on any atom is -0.00148 e. The Labute approximate surface area is 69.4 Å². The van der Waals surface area contributed by atoms with Crippen molar-refractivity contribution in [1.29, 1.82) is 0 Å². The van der Waals surface area contributed by atoms with Crippen molar-refractivity contribution >= 4 is 0 Å². The van der Waals surface area contributed by atoms with Crippen molar-refractivity contribution in [2.75, 3.05) is 6.54 Å². The van der Waals surface area contributed by atoms with E-state index < -0.39 is 0 Å². The summed E-state index contributed by atoms with van der Waals surface area (Å²) in [5, 5.41) is 0. The Bertz CT molecular complexity index is 155. The molecule has 0 heterocycles. The van der Waals surface area contributed by atoms with Gasteiger partial charge >= 0.3 is 0 Å². The van der Waals surface area contributed by atoms with E-state index in [0.717, 1.165) is 11.8 Å². The topological polar surface area (TPSA) is 26.0 Å². The first kappa shape index (κ1) is 7.60. The molecule has 2 aliphatic carbocycles. The van der Waals surface area contributed by atoms with Gasteiger partial charge in [-0.05, 0) is 43.6 Å². The summed E-state index contributed by atoms with van der Waals surface area (Å²) in [7, 11) is 0. The highest BCUT2D eigenvalue weighted by Gasteiger charge is 2.49. The Morgan fingerprint density at radius 2 is 2.09 bits per heavy atom. The molecule has 3 atom stereocenters. The molecule has 0 aromatic carbocycles. The fourth-order valence-corrected chi connectivity index (χ4v) is 2.92. The maximum absolute atomic E-state index is 6.13. The molecule has 2 N–H and O–H groups in total. The molecule has 0 bridgehead atoms. The van der Waals surface area contributed by atoms with Crippen molar-refractivity contribution < 1.29 is 0 Å². The first-order valence-corrected chi connectivity index (χ1v) is 4.75. The Kier molecular flexibility index (Phi) is 1.71. The molecule has 0 unspecified atom stereocenters. The second-order valence-electron chi connectivity index (χ2n) is 4.29. The molecule has 0 aliphatic heterocycles. The highest BCUT2D eigenvalue weighted by molar-refractivity contribution is 5.04. The van der Waals surface area contributed by atoms with E-state index in [4.69, 9.17) is 12.7 Å². The molecule has 0 amide bonds. The number of hydrogen-bond acceptors (Lipinski definition) is 1. The van der Waals surface area contributed by atoms with E-state index >= 15 is 0 Å². The van der Waals surface area contributed by atoms with Crippen LogP contribution < -0.4 is 5.73 Å². The summed E-state index contributed by atoms with van der Waals surface area (Å²) >= 11 is 0. The zero-order chi connectivity index (χ0) is 7.90. The molecule has 2 saturated carbocycles. The van der Waals surface area contributed by atoms with Gasteiger partial charge in [0.05, 0.1) is 0 Å². The van der Waals surface area contributed by atoms with Gasteiger partial charge in [0, 0.05) is 0 Å². The van der Waals surface area contributed by atoms with Crippen molar-refractivity contribution in [2.24, 2.45) is 23.0 Å². The van der Waals surface area contributed by atoms with Crippen LogP contribution in [-0.2, 0) is 0 Å². The normalized spacial score (nSPS) is 49.6. The summed E-state index contributed by atoms with van der Waals surface area (Å²) in [5.74, 6) is 1.69. The summed E-state index contributed by atoms with van der Waals surface area (Å²) in [4.78, 5) is 0. The van der Waals surface area contributed by atoms with Crippen LogP contribution in [0.15, 0.2) is 0 Å². The predicted octanol–water partition coefficient (Wildman–Crippen LogP) is 1.85. The molecule has 2 rings (SSSR count). The van der Waals surface area contributed by atoms with Crippen LogP contribution in [0.3, 0.4) is 0 Å². The van der Waals surface area contributed by atoms with Crippen LogP contribution in [0.5, 0.6) is 0 Å². The zero-order valence-electron chi connectivity index (χ0n) is 7.05. The van der Waals surface area contributed by atoms with Crippen LogP contribution in [0.2, 0.25) is 0 Å². The predicted molar refractivity (Wildman–Crippen MR) is 45.9 cm³/mol. The molecule has 0 aromatic rings. The van der Waals surface area contributed by atoms with E-state index in [0.29, 0.717) is 6.54 Å². The summed E-state index contributed by atoms with van der Waals surface area (Å²) in [5.41, 5.74) is 5.68. The van der Waals surface area contributed by atoms with Crippen LogP contribution in [0.4, 0.5) is 0 Å². The van der Waals surface area contributed by atoms with E-state index in [9.17, 15) is 0 Å². The van der Waals surface area contributed by atoms with Gasteiger partial charge in [-0.25, -0.2) is 0 Å². The van der Waals surface area contributed by atoms with Crippen molar-refractivity contribution in [1.82, 2.24) is 0 Å². The zero-order valence-corrected chi connectivity index (χ0v) is 7.05. The molecule has 2 aliphatic rings. The van der Waals surface area contributed by atoms with Gasteiger partial charge in [0.25, 0.3) is 0 Å². The van der Waals surface area contributed by atoms with Gasteiger partial charge in [-0.2, -0.15) is 0 Å². The minimum absolute atomic E-state index is 0.0328. The second-order valence-corrected chi connectivity index (χ2v) is 4.29. The van der Waals surface area contributed by atoms with Crippen LogP contribution in [0.1, 0.15) is 32.1 Å². The third-order valence-electron chi connectivity index (χ3n) is 3.67. The monoisotopic (exact) mass is 151 g/mol. The van der Waals surface area contributed by atoms with Gasteiger partial charge in [0.2, 0.25) is 0 Å². The summed E-state index contributed by atoms with van der Waals surface area (Å²) in [6.07, 6.45) is 6.72. The van der Waals surface area contributed by atoms with Gasteiger partial charge in [0.1, 0.15) is 0 Å². The lowest BCUT2D eigenvalue weighted by atomic mass is 9.50. The van der Waals surface area contributed by atoms with Gasteiger partial charge < -0.3 is 5.73 Å². The number of nitrogens with two attached hydrogens (primary N) is 1. The van der Waals surface area contributed by atoms with Crippen molar-refractivity contribution in [3.8, 4) is 0 Å². The van der Waals surface area contributed by atoms with Crippen molar-refractivity contribution in [3.05, 3.63) is 6.92 Å². The van der Waals surface area contributed by atoms with Gasteiger partial charge in [-0.1, -0.05) is 19.3 Å². The highest BCUT2D eigenvalue weighted by atomic mass is 14.7. The summed E-state index contributed by atoms with van der Waals surface area (Å²) < 4.78 is 0. The van der Waals surface area contributed by atoms with Crippen LogP contribution in [0, 0.1) is 24.2 Å². The lowest BCUT2D eigenvalue weighted by molar-refractivity contribution is -0.0281. The van der Waals surface area contributed by atoms with E-state index in [1.165, 1.54) is 32.1 Å². The lowest BCUT2D eigenvalue weighted by Gasteiger charge is -2.55. The fourth-order valence-electron chi connectivity index (χ4n) is 2.92. The SMILES string of the molecule is [CH][C@]1(CN)C[C@H]2CCCC[C@H]21.